The summed E-state index contributed by atoms with van der Waals surface area (Å²) in [5.74, 6) is 0.00779. The minimum absolute atomic E-state index is 0.00779. The molecule has 0 radical (unpaired) electrons. The molecule has 0 bridgehead atoms. The molecule has 7 heteroatoms. The van der Waals surface area contributed by atoms with E-state index in [1.165, 1.54) is 4.90 Å². The Labute approximate surface area is 118 Å². The lowest BCUT2D eigenvalue weighted by atomic mass is 10.1. The van der Waals surface area contributed by atoms with Crippen molar-refractivity contribution in [2.45, 2.75) is 38.9 Å². The van der Waals surface area contributed by atoms with Crippen molar-refractivity contribution in [2.24, 2.45) is 0 Å². The van der Waals surface area contributed by atoms with Crippen molar-refractivity contribution in [3.63, 3.8) is 0 Å². The van der Waals surface area contributed by atoms with Gasteiger partial charge in [0.15, 0.2) is 0 Å². The van der Waals surface area contributed by atoms with Gasteiger partial charge in [-0.05, 0) is 20.8 Å². The van der Waals surface area contributed by atoms with Crippen LogP contribution < -0.4 is 5.32 Å². The van der Waals surface area contributed by atoms with Crippen molar-refractivity contribution < 1.29 is 18.0 Å². The van der Waals surface area contributed by atoms with E-state index in [2.05, 4.69) is 5.32 Å². The number of piperazine rings is 1. The molecule has 1 rings (SSSR count). The number of carbonyl (C=O) groups excluding carboxylic acids is 1. The van der Waals surface area contributed by atoms with Gasteiger partial charge in [0.2, 0.25) is 5.91 Å². The smallest absolute Gasteiger partial charge is 0.340 e. The molecule has 0 aromatic rings. The van der Waals surface area contributed by atoms with Crippen molar-refractivity contribution >= 4 is 5.91 Å². The molecule has 1 aliphatic rings. The Balaban J connectivity index is 2.25. The van der Waals surface area contributed by atoms with E-state index in [4.69, 9.17) is 0 Å². The summed E-state index contributed by atoms with van der Waals surface area (Å²) >= 11 is 0. The van der Waals surface area contributed by atoms with Crippen molar-refractivity contribution in [1.29, 1.82) is 0 Å². The van der Waals surface area contributed by atoms with Gasteiger partial charge < -0.3 is 10.2 Å². The van der Waals surface area contributed by atoms with Crippen molar-refractivity contribution in [3.8, 4) is 0 Å². The number of nitrogens with one attached hydrogen (secondary N) is 1. The van der Waals surface area contributed by atoms with Crippen LogP contribution in [0.5, 0.6) is 0 Å². The third-order valence-electron chi connectivity index (χ3n) is 3.12. The number of hydrogen-bond donors (Lipinski definition) is 1. The molecule has 118 valence electrons. The largest absolute Gasteiger partial charge is 0.401 e. The zero-order chi connectivity index (χ0) is 15.4. The van der Waals surface area contributed by atoms with Gasteiger partial charge in [-0.3, -0.25) is 9.69 Å². The molecule has 0 aromatic heterocycles. The Morgan fingerprint density at radius 3 is 2.10 bits per heavy atom. The maximum Gasteiger partial charge on any atom is 0.401 e. The highest BCUT2D eigenvalue weighted by atomic mass is 19.4. The average Bonchev–Trinajstić information content (AvgIpc) is 2.25. The van der Waals surface area contributed by atoms with Crippen LogP contribution in [0.3, 0.4) is 0 Å². The Hall–Kier alpha value is -0.820. The van der Waals surface area contributed by atoms with Crippen LogP contribution in [0.15, 0.2) is 0 Å². The fraction of sp³-hybridized carbons (Fsp3) is 0.923. The normalized spacial score (nSPS) is 18.4. The van der Waals surface area contributed by atoms with E-state index in [9.17, 15) is 18.0 Å². The molecule has 1 aliphatic heterocycles. The Morgan fingerprint density at radius 2 is 1.65 bits per heavy atom. The van der Waals surface area contributed by atoms with Crippen LogP contribution in [0.1, 0.15) is 27.2 Å². The number of amides is 1. The molecule has 0 saturated carbocycles. The SMILES string of the molecule is CC(C)(C)NCCC(=O)N1CCN(CC(F)(F)F)CC1. The first-order valence-corrected chi connectivity index (χ1v) is 6.89. The topological polar surface area (TPSA) is 35.6 Å². The third kappa shape index (κ3) is 7.09. The second-order valence-corrected chi connectivity index (χ2v) is 6.20. The molecule has 1 heterocycles. The lowest BCUT2D eigenvalue weighted by molar-refractivity contribution is -0.151. The van der Waals surface area contributed by atoms with Crippen LogP contribution in [-0.2, 0) is 4.79 Å². The molecule has 1 saturated heterocycles. The second kappa shape index (κ2) is 6.76. The zero-order valence-corrected chi connectivity index (χ0v) is 12.4. The summed E-state index contributed by atoms with van der Waals surface area (Å²) in [5.41, 5.74) is -0.0360. The lowest BCUT2D eigenvalue weighted by Gasteiger charge is -2.35. The van der Waals surface area contributed by atoms with Crippen molar-refractivity contribution in [3.05, 3.63) is 0 Å². The summed E-state index contributed by atoms with van der Waals surface area (Å²) in [6, 6.07) is 0. The summed E-state index contributed by atoms with van der Waals surface area (Å²) < 4.78 is 36.7. The molecule has 4 nitrogen and oxygen atoms in total. The first-order valence-electron chi connectivity index (χ1n) is 6.89. The van der Waals surface area contributed by atoms with Crippen LogP contribution >= 0.6 is 0 Å². The van der Waals surface area contributed by atoms with E-state index in [1.807, 2.05) is 20.8 Å². The summed E-state index contributed by atoms with van der Waals surface area (Å²) in [7, 11) is 0. The van der Waals surface area contributed by atoms with E-state index in [-0.39, 0.29) is 24.5 Å². The molecule has 0 unspecified atom stereocenters. The Kier molecular flexibility index (Phi) is 5.82. The van der Waals surface area contributed by atoms with E-state index >= 15 is 0 Å². The molecule has 20 heavy (non-hydrogen) atoms. The number of alkyl halides is 3. The molecular weight excluding hydrogens is 271 g/mol. The van der Waals surface area contributed by atoms with Crippen LogP contribution in [0.4, 0.5) is 13.2 Å². The van der Waals surface area contributed by atoms with Gasteiger partial charge >= 0.3 is 6.18 Å². The highest BCUT2D eigenvalue weighted by Gasteiger charge is 2.32. The monoisotopic (exact) mass is 295 g/mol. The lowest BCUT2D eigenvalue weighted by Crippen LogP contribution is -2.51. The zero-order valence-electron chi connectivity index (χ0n) is 12.4. The van der Waals surface area contributed by atoms with E-state index in [1.54, 1.807) is 4.90 Å². The number of halogens is 3. The predicted octanol–water partition coefficient (Wildman–Crippen LogP) is 1.47. The number of carbonyl (C=O) groups is 1. The van der Waals surface area contributed by atoms with Gasteiger partial charge in [-0.15, -0.1) is 0 Å². The van der Waals surface area contributed by atoms with Crippen molar-refractivity contribution in [2.75, 3.05) is 39.3 Å². The van der Waals surface area contributed by atoms with Gasteiger partial charge in [-0.25, -0.2) is 0 Å². The van der Waals surface area contributed by atoms with Gasteiger partial charge in [0, 0.05) is 44.7 Å². The summed E-state index contributed by atoms with van der Waals surface area (Å²) in [6.45, 7) is 7.10. The van der Waals surface area contributed by atoms with Gasteiger partial charge in [-0.2, -0.15) is 13.2 Å². The van der Waals surface area contributed by atoms with Gasteiger partial charge in [0.1, 0.15) is 0 Å². The minimum atomic E-state index is -4.16. The predicted molar refractivity (Wildman–Crippen MR) is 71.4 cm³/mol. The van der Waals surface area contributed by atoms with Gasteiger partial charge in [0.25, 0.3) is 0 Å². The number of rotatable bonds is 4. The maximum absolute atomic E-state index is 12.2. The Morgan fingerprint density at radius 1 is 1.10 bits per heavy atom. The highest BCUT2D eigenvalue weighted by Crippen LogP contribution is 2.17. The molecule has 1 fully saturated rings. The van der Waals surface area contributed by atoms with Gasteiger partial charge in [-0.1, -0.05) is 0 Å². The molecule has 0 atom stereocenters. The van der Waals surface area contributed by atoms with Gasteiger partial charge in [0.05, 0.1) is 6.54 Å². The third-order valence-corrected chi connectivity index (χ3v) is 3.12. The van der Waals surface area contributed by atoms with E-state index in [0.29, 0.717) is 26.1 Å². The van der Waals surface area contributed by atoms with Crippen LogP contribution in [0, 0.1) is 0 Å². The average molecular weight is 295 g/mol. The standard InChI is InChI=1S/C13H24F3N3O/c1-12(2,3)17-5-4-11(20)19-8-6-18(7-9-19)10-13(14,15)16/h17H,4-10H2,1-3H3. The van der Waals surface area contributed by atoms with E-state index < -0.39 is 12.7 Å². The molecule has 0 aliphatic carbocycles. The fourth-order valence-electron chi connectivity index (χ4n) is 2.11. The quantitative estimate of drug-likeness (QED) is 0.853. The Bertz CT molecular complexity index is 318. The van der Waals surface area contributed by atoms with Crippen LogP contribution in [-0.4, -0.2) is 66.7 Å². The maximum atomic E-state index is 12.2. The molecule has 1 amide bonds. The summed E-state index contributed by atoms with van der Waals surface area (Å²) in [4.78, 5) is 14.9. The van der Waals surface area contributed by atoms with Crippen LogP contribution in [0.25, 0.3) is 0 Å². The highest BCUT2D eigenvalue weighted by molar-refractivity contribution is 5.76. The fourth-order valence-corrected chi connectivity index (χ4v) is 2.11. The first kappa shape index (κ1) is 17.2. The molecule has 1 N–H and O–H groups in total. The van der Waals surface area contributed by atoms with Crippen LogP contribution in [0.2, 0.25) is 0 Å². The van der Waals surface area contributed by atoms with Crippen molar-refractivity contribution in [1.82, 2.24) is 15.1 Å². The molecular formula is C13H24F3N3O. The molecule has 0 aromatic carbocycles. The molecule has 0 spiro atoms. The summed E-state index contributed by atoms with van der Waals surface area (Å²) in [6.07, 6.45) is -3.78. The van der Waals surface area contributed by atoms with E-state index in [0.717, 1.165) is 0 Å². The number of nitrogens with zero attached hydrogens (tertiary/aromatic N) is 2. The summed E-state index contributed by atoms with van der Waals surface area (Å²) in [5, 5.41) is 3.23. The second-order valence-electron chi connectivity index (χ2n) is 6.20. The number of hydrogen-bond acceptors (Lipinski definition) is 3. The minimum Gasteiger partial charge on any atom is -0.340 e. The first-order chi connectivity index (χ1) is 9.07.